The van der Waals surface area contributed by atoms with E-state index in [9.17, 15) is 9.00 Å². The van der Waals surface area contributed by atoms with Crippen LogP contribution in [0.25, 0.3) is 0 Å². The highest BCUT2D eigenvalue weighted by Crippen LogP contribution is 2.10. The Morgan fingerprint density at radius 1 is 1.30 bits per heavy atom. The normalized spacial score (nSPS) is 17.1. The average molecular weight is 342 g/mol. The molecule has 1 unspecified atom stereocenters. The molecule has 23 heavy (non-hydrogen) atoms. The van der Waals surface area contributed by atoms with Crippen LogP contribution in [0, 0.1) is 0 Å². The minimum Gasteiger partial charge on any atom is -0.465 e. The number of rotatable bonds is 8. The van der Waals surface area contributed by atoms with Crippen LogP contribution in [0.5, 0.6) is 0 Å². The number of carbonyl (C=O) groups excluding carboxylic acids is 1. The van der Waals surface area contributed by atoms with Crippen LogP contribution in [-0.2, 0) is 36.4 Å². The van der Waals surface area contributed by atoms with Gasteiger partial charge >= 0.3 is 5.97 Å². The molecule has 0 amide bonds. The Morgan fingerprint density at radius 2 is 2.00 bits per heavy atom. The molecule has 1 aromatic carbocycles. The molecule has 1 aliphatic rings. The van der Waals surface area contributed by atoms with E-state index in [0.717, 1.165) is 5.56 Å². The Kier molecular flexibility index (Phi) is 7.63. The van der Waals surface area contributed by atoms with Crippen LogP contribution in [0.2, 0.25) is 0 Å². The smallest absolute Gasteiger partial charge is 0.321 e. The van der Waals surface area contributed by atoms with E-state index in [-0.39, 0.29) is 13.2 Å². The standard InChI is InChI=1S/C15H22N2O5S/c1-2-21-15(18)13-17(12-14-6-4-3-5-7-14)23(19)22-16-8-10-20-11-9-16/h3-7H,2,8-13H2,1H3. The van der Waals surface area contributed by atoms with Crippen molar-refractivity contribution >= 4 is 17.2 Å². The van der Waals surface area contributed by atoms with E-state index >= 15 is 0 Å². The van der Waals surface area contributed by atoms with Crippen molar-refractivity contribution in [1.82, 2.24) is 9.37 Å². The summed E-state index contributed by atoms with van der Waals surface area (Å²) in [5, 5.41) is 1.60. The van der Waals surface area contributed by atoms with E-state index in [1.54, 1.807) is 12.0 Å². The van der Waals surface area contributed by atoms with Gasteiger partial charge in [0.25, 0.3) is 11.3 Å². The van der Waals surface area contributed by atoms with Crippen molar-refractivity contribution in [2.24, 2.45) is 0 Å². The zero-order chi connectivity index (χ0) is 16.5. The van der Waals surface area contributed by atoms with Gasteiger partial charge in [-0.25, -0.2) is 4.21 Å². The lowest BCUT2D eigenvalue weighted by Crippen LogP contribution is -2.41. The molecule has 1 aliphatic heterocycles. The number of hydroxylamine groups is 2. The van der Waals surface area contributed by atoms with E-state index in [0.29, 0.717) is 32.8 Å². The highest BCUT2D eigenvalue weighted by atomic mass is 32.2. The maximum Gasteiger partial charge on any atom is 0.321 e. The number of ether oxygens (including phenoxy) is 2. The zero-order valence-electron chi connectivity index (χ0n) is 13.2. The minimum absolute atomic E-state index is 0.0975. The predicted molar refractivity (Wildman–Crippen MR) is 85.1 cm³/mol. The largest absolute Gasteiger partial charge is 0.465 e. The lowest BCUT2D eigenvalue weighted by atomic mass is 10.2. The van der Waals surface area contributed by atoms with Crippen molar-refractivity contribution in [2.45, 2.75) is 13.5 Å². The van der Waals surface area contributed by atoms with E-state index in [4.69, 9.17) is 13.8 Å². The van der Waals surface area contributed by atoms with Gasteiger partial charge in [0, 0.05) is 19.6 Å². The van der Waals surface area contributed by atoms with E-state index in [1.165, 1.54) is 4.31 Å². The molecule has 2 rings (SSSR count). The first-order valence-electron chi connectivity index (χ1n) is 7.56. The molecule has 0 bridgehead atoms. The fraction of sp³-hybridized carbons (Fsp3) is 0.533. The fourth-order valence-corrected chi connectivity index (χ4v) is 2.95. The lowest BCUT2D eigenvalue weighted by Gasteiger charge is -2.27. The Balaban J connectivity index is 1.98. The monoisotopic (exact) mass is 342 g/mol. The first kappa shape index (κ1) is 18.0. The molecule has 1 fully saturated rings. The Hall–Kier alpha value is -1.32. The second-order valence-electron chi connectivity index (χ2n) is 4.92. The second kappa shape index (κ2) is 9.74. The molecule has 0 N–H and O–H groups in total. The molecule has 1 saturated heterocycles. The topological polar surface area (TPSA) is 68.3 Å². The molecule has 0 radical (unpaired) electrons. The van der Waals surface area contributed by atoms with Crippen molar-refractivity contribution in [3.63, 3.8) is 0 Å². The van der Waals surface area contributed by atoms with Gasteiger partial charge in [-0.1, -0.05) is 30.3 Å². The number of morpholine rings is 1. The average Bonchev–Trinajstić information content (AvgIpc) is 2.56. The SMILES string of the molecule is CCOC(=O)CN(Cc1ccccc1)S(=O)ON1CCOCC1. The maximum absolute atomic E-state index is 12.5. The van der Waals surface area contributed by atoms with Gasteiger partial charge in [-0.05, 0) is 12.5 Å². The minimum atomic E-state index is -1.78. The van der Waals surface area contributed by atoms with Gasteiger partial charge in [-0.2, -0.15) is 13.7 Å². The Morgan fingerprint density at radius 3 is 2.65 bits per heavy atom. The number of benzene rings is 1. The first-order chi connectivity index (χ1) is 11.2. The summed E-state index contributed by atoms with van der Waals surface area (Å²) in [7, 11) is 0. The van der Waals surface area contributed by atoms with Gasteiger partial charge in [-0.3, -0.25) is 4.79 Å². The maximum atomic E-state index is 12.5. The third-order valence-corrected chi connectivity index (χ3v) is 4.18. The molecule has 0 spiro atoms. The second-order valence-corrected chi connectivity index (χ2v) is 6.02. The quantitative estimate of drug-likeness (QED) is 0.654. The molecule has 128 valence electrons. The molecule has 8 heteroatoms. The summed E-state index contributed by atoms with van der Waals surface area (Å²) < 4.78 is 29.5. The van der Waals surface area contributed by atoms with Crippen molar-refractivity contribution in [3.8, 4) is 0 Å². The third-order valence-electron chi connectivity index (χ3n) is 3.16. The Labute approximate surface area is 138 Å². The third kappa shape index (κ3) is 6.36. The highest BCUT2D eigenvalue weighted by Gasteiger charge is 2.23. The van der Waals surface area contributed by atoms with E-state index in [2.05, 4.69) is 0 Å². The van der Waals surface area contributed by atoms with Gasteiger partial charge in [0.15, 0.2) is 0 Å². The fourth-order valence-electron chi connectivity index (χ4n) is 2.06. The lowest BCUT2D eigenvalue weighted by molar-refractivity contribution is -0.144. The van der Waals surface area contributed by atoms with Crippen LogP contribution in [-0.4, -0.2) is 59.0 Å². The number of carbonyl (C=O) groups is 1. The van der Waals surface area contributed by atoms with Crippen LogP contribution < -0.4 is 0 Å². The molecular formula is C15H22N2O5S. The number of nitrogens with zero attached hydrogens (tertiary/aromatic N) is 2. The molecule has 1 aromatic rings. The van der Waals surface area contributed by atoms with Gasteiger partial charge in [-0.15, -0.1) is 0 Å². The van der Waals surface area contributed by atoms with Crippen LogP contribution in [0.1, 0.15) is 12.5 Å². The van der Waals surface area contributed by atoms with Crippen molar-refractivity contribution in [2.75, 3.05) is 39.5 Å². The highest BCUT2D eigenvalue weighted by molar-refractivity contribution is 7.77. The summed E-state index contributed by atoms with van der Waals surface area (Å²) in [5.41, 5.74) is 0.940. The summed E-state index contributed by atoms with van der Waals surface area (Å²) in [6.07, 6.45) is 0. The van der Waals surface area contributed by atoms with Crippen molar-refractivity contribution in [1.29, 1.82) is 0 Å². The zero-order valence-corrected chi connectivity index (χ0v) is 14.0. The number of hydrogen-bond donors (Lipinski definition) is 0. The molecule has 1 heterocycles. The van der Waals surface area contributed by atoms with Crippen LogP contribution >= 0.6 is 0 Å². The number of esters is 1. The summed E-state index contributed by atoms with van der Waals surface area (Å²) >= 11 is -1.78. The molecule has 0 aliphatic carbocycles. The summed E-state index contributed by atoms with van der Waals surface area (Å²) in [6, 6.07) is 9.50. The van der Waals surface area contributed by atoms with E-state index in [1.807, 2.05) is 30.3 Å². The van der Waals surface area contributed by atoms with Crippen LogP contribution in [0.15, 0.2) is 30.3 Å². The first-order valence-corrected chi connectivity index (χ1v) is 8.59. The van der Waals surface area contributed by atoms with Gasteiger partial charge < -0.3 is 9.47 Å². The molecule has 0 aromatic heterocycles. The van der Waals surface area contributed by atoms with E-state index < -0.39 is 17.2 Å². The van der Waals surface area contributed by atoms with Crippen molar-refractivity contribution < 1.29 is 22.8 Å². The summed E-state index contributed by atoms with van der Waals surface area (Å²) in [4.78, 5) is 11.8. The van der Waals surface area contributed by atoms with Crippen LogP contribution in [0.3, 0.4) is 0 Å². The summed E-state index contributed by atoms with van der Waals surface area (Å²) in [5.74, 6) is -0.428. The summed E-state index contributed by atoms with van der Waals surface area (Å²) in [6.45, 7) is 4.42. The molecule has 0 saturated carbocycles. The molecule has 7 nitrogen and oxygen atoms in total. The molecular weight excluding hydrogens is 320 g/mol. The predicted octanol–water partition coefficient (Wildman–Crippen LogP) is 0.894. The Bertz CT molecular complexity index is 508. The van der Waals surface area contributed by atoms with Gasteiger partial charge in [0.1, 0.15) is 6.54 Å². The molecule has 1 atom stereocenters. The van der Waals surface area contributed by atoms with Crippen molar-refractivity contribution in [3.05, 3.63) is 35.9 Å². The van der Waals surface area contributed by atoms with Gasteiger partial charge in [0.05, 0.1) is 19.8 Å². The number of hydrogen-bond acceptors (Lipinski definition) is 6. The van der Waals surface area contributed by atoms with Gasteiger partial charge in [0.2, 0.25) is 0 Å². The van der Waals surface area contributed by atoms with Crippen LogP contribution in [0.4, 0.5) is 0 Å².